The monoisotopic (exact) mass is 379 g/mol. The molecule has 1 aliphatic carbocycles. The first-order valence-electron chi connectivity index (χ1n) is 9.31. The van der Waals surface area contributed by atoms with Crippen molar-refractivity contribution in [3.8, 4) is 0 Å². The first-order valence-corrected chi connectivity index (χ1v) is 9.31. The zero-order valence-corrected chi connectivity index (χ0v) is 15.3. The molecule has 0 spiro atoms. The number of ether oxygens (including phenoxy) is 1. The van der Waals surface area contributed by atoms with Crippen molar-refractivity contribution in [3.05, 3.63) is 76.0 Å². The molecule has 2 aromatic carbocycles. The molecule has 7 heteroatoms. The van der Waals surface area contributed by atoms with Gasteiger partial charge in [0.05, 0.1) is 4.92 Å². The molecule has 4 rings (SSSR count). The number of nitro groups is 1. The highest BCUT2D eigenvalue weighted by atomic mass is 16.6. The molecule has 7 nitrogen and oxygen atoms in total. The van der Waals surface area contributed by atoms with Crippen LogP contribution in [0.1, 0.15) is 24.0 Å². The normalized spacial score (nSPS) is 14.7. The van der Waals surface area contributed by atoms with E-state index >= 15 is 0 Å². The summed E-state index contributed by atoms with van der Waals surface area (Å²) in [6.45, 7) is 0.0908. The molecule has 1 aromatic heterocycles. The Morgan fingerprint density at radius 2 is 1.96 bits per heavy atom. The molecule has 28 heavy (non-hydrogen) atoms. The second kappa shape index (κ2) is 7.82. The topological polar surface area (TPSA) is 97.3 Å². The summed E-state index contributed by atoms with van der Waals surface area (Å²) >= 11 is 0. The number of nitrogens with zero attached hydrogens (tertiary/aromatic N) is 1. The molecule has 0 unspecified atom stereocenters. The van der Waals surface area contributed by atoms with Crippen LogP contribution in [0.5, 0.6) is 0 Å². The van der Waals surface area contributed by atoms with Crippen LogP contribution in [0.15, 0.2) is 54.7 Å². The smallest absolute Gasteiger partial charge is 0.323 e. The highest BCUT2D eigenvalue weighted by Gasteiger charge is 2.30. The number of rotatable bonds is 8. The van der Waals surface area contributed by atoms with Crippen LogP contribution in [-0.2, 0) is 22.6 Å². The number of carbonyl (C=O) groups excluding carboxylic acids is 1. The molecule has 1 fully saturated rings. The van der Waals surface area contributed by atoms with E-state index in [1.165, 1.54) is 12.1 Å². The minimum Gasteiger partial charge on any atom is -0.460 e. The predicted octanol–water partition coefficient (Wildman–Crippen LogP) is 3.48. The number of nitro benzene ring substituents is 1. The summed E-state index contributed by atoms with van der Waals surface area (Å²) in [7, 11) is 0. The van der Waals surface area contributed by atoms with Crippen LogP contribution in [-0.4, -0.2) is 28.0 Å². The molecule has 1 aliphatic rings. The van der Waals surface area contributed by atoms with Crippen LogP contribution >= 0.6 is 0 Å². The summed E-state index contributed by atoms with van der Waals surface area (Å²) in [5.74, 6) is -0.310. The van der Waals surface area contributed by atoms with Crippen molar-refractivity contribution >= 4 is 22.6 Å². The molecule has 0 amide bonds. The fraction of sp³-hybridized carbons (Fsp3) is 0.286. The van der Waals surface area contributed by atoms with Gasteiger partial charge in [0.15, 0.2) is 0 Å². The molecule has 1 saturated carbocycles. The fourth-order valence-electron chi connectivity index (χ4n) is 3.23. The fourth-order valence-corrected chi connectivity index (χ4v) is 3.23. The molecule has 0 radical (unpaired) electrons. The van der Waals surface area contributed by atoms with E-state index in [0.717, 1.165) is 34.9 Å². The Morgan fingerprint density at radius 3 is 2.68 bits per heavy atom. The minimum absolute atomic E-state index is 0.0164. The third kappa shape index (κ3) is 4.20. The highest BCUT2D eigenvalue weighted by molar-refractivity contribution is 5.84. The summed E-state index contributed by atoms with van der Waals surface area (Å²) in [6, 6.07) is 14.0. The average Bonchev–Trinajstić information content (AvgIpc) is 3.44. The summed E-state index contributed by atoms with van der Waals surface area (Å²) in [5, 5.41) is 15.2. The van der Waals surface area contributed by atoms with Gasteiger partial charge in [-0.25, -0.2) is 0 Å². The summed E-state index contributed by atoms with van der Waals surface area (Å²) in [4.78, 5) is 26.2. The van der Waals surface area contributed by atoms with Crippen LogP contribution in [0.4, 0.5) is 5.69 Å². The van der Waals surface area contributed by atoms with E-state index in [1.54, 1.807) is 12.1 Å². The number of nitrogens with one attached hydrogen (secondary N) is 2. The molecule has 3 aromatic rings. The van der Waals surface area contributed by atoms with E-state index in [9.17, 15) is 14.9 Å². The molecule has 144 valence electrons. The maximum absolute atomic E-state index is 12.7. The molecular formula is C21H21N3O4. The third-order valence-corrected chi connectivity index (χ3v) is 4.93. The second-order valence-electron chi connectivity index (χ2n) is 7.09. The van der Waals surface area contributed by atoms with Crippen LogP contribution < -0.4 is 5.32 Å². The van der Waals surface area contributed by atoms with Gasteiger partial charge < -0.3 is 15.0 Å². The molecule has 0 bridgehead atoms. The van der Waals surface area contributed by atoms with Crippen molar-refractivity contribution in [2.24, 2.45) is 0 Å². The number of hydrogen-bond acceptors (Lipinski definition) is 5. The van der Waals surface area contributed by atoms with Crippen LogP contribution in [0.3, 0.4) is 0 Å². The number of hydrogen-bond donors (Lipinski definition) is 2. The number of non-ortho nitro benzene ring substituents is 1. The van der Waals surface area contributed by atoms with Gasteiger partial charge in [-0.1, -0.05) is 18.2 Å². The van der Waals surface area contributed by atoms with Crippen molar-refractivity contribution in [3.63, 3.8) is 0 Å². The van der Waals surface area contributed by atoms with E-state index in [1.807, 2.05) is 30.5 Å². The summed E-state index contributed by atoms with van der Waals surface area (Å²) in [5.41, 5.74) is 2.85. The Hall–Kier alpha value is -3.19. The van der Waals surface area contributed by atoms with Crippen LogP contribution in [0.2, 0.25) is 0 Å². The van der Waals surface area contributed by atoms with E-state index in [2.05, 4.69) is 10.3 Å². The quantitative estimate of drug-likeness (QED) is 0.355. The number of benzene rings is 2. The maximum atomic E-state index is 12.7. The van der Waals surface area contributed by atoms with E-state index in [-0.39, 0.29) is 18.3 Å². The van der Waals surface area contributed by atoms with Crippen molar-refractivity contribution in [2.45, 2.75) is 38.0 Å². The zero-order chi connectivity index (χ0) is 19.5. The molecule has 2 N–H and O–H groups in total. The van der Waals surface area contributed by atoms with Gasteiger partial charge in [0.2, 0.25) is 0 Å². The number of esters is 1. The minimum atomic E-state index is -0.452. The Bertz CT molecular complexity index is 992. The van der Waals surface area contributed by atoms with Gasteiger partial charge in [-0.05, 0) is 42.2 Å². The number of para-hydroxylation sites is 1. The van der Waals surface area contributed by atoms with Crippen molar-refractivity contribution in [1.82, 2.24) is 10.3 Å². The van der Waals surface area contributed by atoms with Crippen molar-refractivity contribution in [1.29, 1.82) is 0 Å². The van der Waals surface area contributed by atoms with Crippen LogP contribution in [0.25, 0.3) is 10.9 Å². The lowest BCUT2D eigenvalue weighted by atomic mass is 10.0. The molecule has 1 heterocycles. The standard InChI is InChI=1S/C21H21N3O4/c25-21(28-13-14-5-9-17(10-6-14)24(26)27)20(23-16-7-8-16)11-15-12-22-19-4-2-1-3-18(15)19/h1-6,9-10,12,16,20,22-23H,7-8,11,13H2/t20-/m0/s1. The summed E-state index contributed by atoms with van der Waals surface area (Å²) in [6.07, 6.45) is 4.62. The zero-order valence-electron chi connectivity index (χ0n) is 15.3. The first kappa shape index (κ1) is 18.2. The number of H-pyrrole nitrogens is 1. The first-order chi connectivity index (χ1) is 13.6. The van der Waals surface area contributed by atoms with Gasteiger partial charge in [0.1, 0.15) is 12.6 Å². The van der Waals surface area contributed by atoms with Gasteiger partial charge in [-0.15, -0.1) is 0 Å². The number of fused-ring (bicyclic) bond motifs is 1. The van der Waals surface area contributed by atoms with Gasteiger partial charge in [0, 0.05) is 41.7 Å². The molecule has 1 atom stereocenters. The lowest BCUT2D eigenvalue weighted by molar-refractivity contribution is -0.384. The highest BCUT2D eigenvalue weighted by Crippen LogP contribution is 2.23. The Balaban J connectivity index is 1.43. The van der Waals surface area contributed by atoms with Crippen molar-refractivity contribution in [2.75, 3.05) is 0 Å². The second-order valence-corrected chi connectivity index (χ2v) is 7.09. The summed E-state index contributed by atoms with van der Waals surface area (Å²) < 4.78 is 5.50. The molecule has 0 saturated heterocycles. The number of carbonyl (C=O) groups is 1. The van der Waals surface area contributed by atoms with E-state index in [0.29, 0.717) is 12.5 Å². The lowest BCUT2D eigenvalue weighted by Crippen LogP contribution is -2.41. The average molecular weight is 379 g/mol. The number of aromatic amines is 1. The number of aromatic nitrogens is 1. The van der Waals surface area contributed by atoms with E-state index in [4.69, 9.17) is 4.74 Å². The molecular weight excluding hydrogens is 358 g/mol. The van der Waals surface area contributed by atoms with Gasteiger partial charge in [-0.3, -0.25) is 14.9 Å². The molecule has 0 aliphatic heterocycles. The van der Waals surface area contributed by atoms with Crippen LogP contribution in [0, 0.1) is 10.1 Å². The maximum Gasteiger partial charge on any atom is 0.323 e. The van der Waals surface area contributed by atoms with Gasteiger partial charge >= 0.3 is 5.97 Å². The van der Waals surface area contributed by atoms with Crippen molar-refractivity contribution < 1.29 is 14.5 Å². The Kier molecular flexibility index (Phi) is 5.08. The SMILES string of the molecule is O=C(OCc1ccc([N+](=O)[O-])cc1)[C@H](Cc1c[nH]c2ccccc12)NC1CC1. The van der Waals surface area contributed by atoms with Gasteiger partial charge in [0.25, 0.3) is 5.69 Å². The Morgan fingerprint density at radius 1 is 1.21 bits per heavy atom. The predicted molar refractivity (Wildman–Crippen MR) is 105 cm³/mol. The third-order valence-electron chi connectivity index (χ3n) is 4.93. The lowest BCUT2D eigenvalue weighted by Gasteiger charge is -2.17. The largest absolute Gasteiger partial charge is 0.460 e. The Labute approximate surface area is 161 Å². The van der Waals surface area contributed by atoms with Gasteiger partial charge in [-0.2, -0.15) is 0 Å². The van der Waals surface area contributed by atoms with E-state index < -0.39 is 11.0 Å².